The van der Waals surface area contributed by atoms with Crippen molar-refractivity contribution in [3.63, 3.8) is 0 Å². The van der Waals surface area contributed by atoms with Crippen LogP contribution in [0.15, 0.2) is 12.4 Å². The Bertz CT molecular complexity index is 565. The Hall–Kier alpha value is -0.173. The number of nitrogens with zero attached hydrogens (tertiary/aromatic N) is 1. The maximum atomic E-state index is 10.8. The third-order valence-electron chi connectivity index (χ3n) is 6.11. The van der Waals surface area contributed by atoms with Gasteiger partial charge in [-0.15, -0.1) is 0 Å². The fourth-order valence-corrected chi connectivity index (χ4v) is 7.47. The molecule has 1 heterocycles. The third-order valence-corrected chi connectivity index (χ3v) is 11.4. The molecule has 0 bridgehead atoms. The third kappa shape index (κ3) is 6.15. The van der Waals surface area contributed by atoms with E-state index in [9.17, 15) is 5.11 Å². The van der Waals surface area contributed by atoms with E-state index in [1.54, 1.807) is 12.4 Å². The highest BCUT2D eigenvalue weighted by Crippen LogP contribution is 2.36. The van der Waals surface area contributed by atoms with Gasteiger partial charge >= 0.3 is 0 Å². The first-order valence-corrected chi connectivity index (χ1v) is 13.6. The smallest absolute Gasteiger partial charge is 0.192 e. The molecule has 7 heteroatoms. The Morgan fingerprint density at radius 1 is 1.11 bits per heavy atom. The summed E-state index contributed by atoms with van der Waals surface area (Å²) >= 11 is 12.9. The van der Waals surface area contributed by atoms with Gasteiger partial charge in [-0.3, -0.25) is 4.98 Å². The van der Waals surface area contributed by atoms with E-state index in [2.05, 4.69) is 31.1 Å². The number of aliphatic hydroxyl groups is 1. The summed E-state index contributed by atoms with van der Waals surface area (Å²) in [5, 5.41) is 15.3. The Morgan fingerprint density at radius 3 is 2.19 bits per heavy atom. The van der Waals surface area contributed by atoms with Crippen molar-refractivity contribution in [2.75, 3.05) is 13.1 Å². The van der Waals surface area contributed by atoms with Gasteiger partial charge in [0.2, 0.25) is 0 Å². The Kier molecular flexibility index (Phi) is 9.04. The van der Waals surface area contributed by atoms with Crippen molar-refractivity contribution in [1.82, 2.24) is 10.3 Å². The molecule has 0 radical (unpaired) electrons. The van der Waals surface area contributed by atoms with E-state index in [0.29, 0.717) is 23.1 Å². The van der Waals surface area contributed by atoms with E-state index in [4.69, 9.17) is 27.6 Å². The van der Waals surface area contributed by atoms with Gasteiger partial charge in [-0.2, -0.15) is 0 Å². The van der Waals surface area contributed by atoms with Crippen LogP contribution in [0.3, 0.4) is 0 Å². The second kappa shape index (κ2) is 10.6. The van der Waals surface area contributed by atoms with Gasteiger partial charge in [0.1, 0.15) is 0 Å². The van der Waals surface area contributed by atoms with Gasteiger partial charge in [0.05, 0.1) is 21.8 Å². The van der Waals surface area contributed by atoms with Crippen LogP contribution in [0, 0.1) is 0 Å². The Balaban J connectivity index is 2.16. The number of pyridine rings is 1. The maximum Gasteiger partial charge on any atom is 0.192 e. The van der Waals surface area contributed by atoms with E-state index in [0.717, 1.165) is 49.4 Å². The first-order chi connectivity index (χ1) is 12.9. The molecular weight excluding hydrogens is 399 g/mol. The molecule has 27 heavy (non-hydrogen) atoms. The molecule has 2 N–H and O–H groups in total. The minimum Gasteiger partial charge on any atom is -0.409 e. The molecule has 4 nitrogen and oxygen atoms in total. The van der Waals surface area contributed by atoms with Crippen LogP contribution in [-0.4, -0.2) is 37.1 Å². The first-order valence-electron chi connectivity index (χ1n) is 10.3. The van der Waals surface area contributed by atoms with Crippen molar-refractivity contribution < 1.29 is 9.53 Å². The van der Waals surface area contributed by atoms with Crippen molar-refractivity contribution in [2.45, 2.75) is 82.7 Å². The molecule has 1 aliphatic rings. The second-order valence-electron chi connectivity index (χ2n) is 7.78. The number of aromatic nitrogens is 1. The molecule has 0 spiro atoms. The normalized spacial score (nSPS) is 18.4. The number of nitrogens with one attached hydrogen (secondary N) is 1. The van der Waals surface area contributed by atoms with Crippen LogP contribution in [0.5, 0.6) is 0 Å². The molecule has 0 aliphatic heterocycles. The zero-order valence-electron chi connectivity index (χ0n) is 16.9. The summed E-state index contributed by atoms with van der Waals surface area (Å²) in [6.07, 6.45) is 8.15. The summed E-state index contributed by atoms with van der Waals surface area (Å²) in [6, 6.07) is 3.17. The van der Waals surface area contributed by atoms with Crippen LogP contribution in [0.1, 0.15) is 64.5 Å². The van der Waals surface area contributed by atoms with Crippen LogP contribution >= 0.6 is 23.2 Å². The predicted octanol–water partition coefficient (Wildman–Crippen LogP) is 5.74. The minimum atomic E-state index is -1.86. The SMILES string of the molecule is CC[Si](CC)(CC)OC(CNCC1(O)CCCCC1)c1c(Cl)cncc1Cl. The van der Waals surface area contributed by atoms with E-state index >= 15 is 0 Å². The number of hydrogen-bond acceptors (Lipinski definition) is 4. The fraction of sp³-hybridized carbons (Fsp3) is 0.750. The molecular formula is C20H34Cl2N2O2Si. The molecule has 1 fully saturated rings. The minimum absolute atomic E-state index is 0.230. The summed E-state index contributed by atoms with van der Waals surface area (Å²) in [6.45, 7) is 7.80. The molecule has 1 aromatic rings. The average Bonchev–Trinajstić information content (AvgIpc) is 2.66. The van der Waals surface area contributed by atoms with Crippen LogP contribution in [-0.2, 0) is 4.43 Å². The predicted molar refractivity (Wildman–Crippen MR) is 116 cm³/mol. The van der Waals surface area contributed by atoms with Gasteiger partial charge in [0.25, 0.3) is 0 Å². The standard InChI is InChI=1S/C20H34Cl2N2O2Si/c1-4-27(5-2,6-3)26-18(19-16(21)12-23-13-17(19)22)14-24-15-20(25)10-8-7-9-11-20/h12-13,18,24-25H,4-11,14-15H2,1-3H3. The molecule has 1 saturated carbocycles. The molecule has 0 saturated heterocycles. The molecule has 1 aliphatic carbocycles. The largest absolute Gasteiger partial charge is 0.409 e. The molecule has 1 aromatic heterocycles. The van der Waals surface area contributed by atoms with E-state index in [-0.39, 0.29) is 6.10 Å². The molecule has 1 atom stereocenters. The zero-order valence-corrected chi connectivity index (χ0v) is 19.4. The Morgan fingerprint density at radius 2 is 1.67 bits per heavy atom. The van der Waals surface area contributed by atoms with Gasteiger partial charge in [-0.05, 0) is 31.0 Å². The maximum absolute atomic E-state index is 10.8. The van der Waals surface area contributed by atoms with Crippen molar-refractivity contribution in [3.8, 4) is 0 Å². The monoisotopic (exact) mass is 432 g/mol. The van der Waals surface area contributed by atoms with Gasteiger partial charge in [-0.25, -0.2) is 0 Å². The summed E-state index contributed by atoms with van der Waals surface area (Å²) < 4.78 is 6.75. The quantitative estimate of drug-likeness (QED) is 0.462. The van der Waals surface area contributed by atoms with E-state index < -0.39 is 13.9 Å². The number of halogens is 2. The van der Waals surface area contributed by atoms with Crippen molar-refractivity contribution in [2.24, 2.45) is 0 Å². The summed E-state index contributed by atoms with van der Waals surface area (Å²) in [4.78, 5) is 4.08. The zero-order chi connectivity index (χ0) is 19.9. The second-order valence-corrected chi connectivity index (χ2v) is 13.3. The first kappa shape index (κ1) is 23.1. The lowest BCUT2D eigenvalue weighted by atomic mass is 9.85. The summed E-state index contributed by atoms with van der Waals surface area (Å²) in [5.74, 6) is 0. The van der Waals surface area contributed by atoms with Crippen LogP contribution < -0.4 is 5.32 Å². The lowest BCUT2D eigenvalue weighted by molar-refractivity contribution is 0.00295. The van der Waals surface area contributed by atoms with E-state index in [1.165, 1.54) is 6.42 Å². The van der Waals surface area contributed by atoms with Crippen LogP contribution in [0.4, 0.5) is 0 Å². The highest BCUT2D eigenvalue weighted by Gasteiger charge is 2.35. The number of rotatable bonds is 10. The van der Waals surface area contributed by atoms with Crippen molar-refractivity contribution >= 4 is 31.5 Å². The highest BCUT2D eigenvalue weighted by atomic mass is 35.5. The molecule has 1 unspecified atom stereocenters. The van der Waals surface area contributed by atoms with E-state index in [1.807, 2.05) is 0 Å². The highest BCUT2D eigenvalue weighted by molar-refractivity contribution is 6.73. The molecule has 0 amide bonds. The van der Waals surface area contributed by atoms with Crippen LogP contribution in [0.2, 0.25) is 28.2 Å². The summed E-state index contributed by atoms with van der Waals surface area (Å²) in [7, 11) is -1.86. The molecule has 0 aromatic carbocycles. The lowest BCUT2D eigenvalue weighted by Crippen LogP contribution is -2.45. The van der Waals surface area contributed by atoms with Crippen molar-refractivity contribution in [1.29, 1.82) is 0 Å². The topological polar surface area (TPSA) is 54.4 Å². The van der Waals surface area contributed by atoms with Gasteiger partial charge < -0.3 is 14.8 Å². The molecule has 2 rings (SSSR count). The van der Waals surface area contributed by atoms with Gasteiger partial charge in [0, 0.05) is 31.0 Å². The van der Waals surface area contributed by atoms with Crippen molar-refractivity contribution in [3.05, 3.63) is 28.0 Å². The lowest BCUT2D eigenvalue weighted by Gasteiger charge is -2.36. The molecule has 154 valence electrons. The number of hydrogen-bond donors (Lipinski definition) is 2. The average molecular weight is 433 g/mol. The summed E-state index contributed by atoms with van der Waals surface area (Å²) in [5.41, 5.74) is 0.201. The Labute approximate surface area is 175 Å². The fourth-order valence-electron chi connectivity index (χ4n) is 4.06. The van der Waals surface area contributed by atoms with Gasteiger partial charge in [-0.1, -0.05) is 63.2 Å². The van der Waals surface area contributed by atoms with Crippen LogP contribution in [0.25, 0.3) is 0 Å². The van der Waals surface area contributed by atoms with Gasteiger partial charge in [0.15, 0.2) is 8.32 Å².